The van der Waals surface area contributed by atoms with Crippen molar-refractivity contribution < 1.29 is 29.4 Å². The number of aliphatic hydroxyl groups excluding tert-OH is 2. The van der Waals surface area contributed by atoms with E-state index in [9.17, 15) is 29.4 Å². The third-order valence-electron chi connectivity index (χ3n) is 4.87. The van der Waals surface area contributed by atoms with E-state index in [1.165, 1.54) is 23.9 Å². The lowest BCUT2D eigenvalue weighted by atomic mass is 10.2. The lowest BCUT2D eigenvalue weighted by Gasteiger charge is -2.36. The molecule has 4 atom stereocenters. The van der Waals surface area contributed by atoms with Gasteiger partial charge in [-0.3, -0.25) is 9.59 Å². The molecule has 2 rings (SSSR count). The molecule has 7 N–H and O–H groups in total. The molecule has 6 amide bonds. The van der Waals surface area contributed by atoms with Gasteiger partial charge in [0.1, 0.15) is 12.1 Å². The molecule has 164 valence electrons. The number of nitrogens with two attached hydrogens (primary N) is 2. The van der Waals surface area contributed by atoms with Crippen molar-refractivity contribution in [2.45, 2.75) is 51.0 Å². The summed E-state index contributed by atoms with van der Waals surface area (Å²) in [4.78, 5) is 49.5. The Hall–Kier alpha value is -2.64. The van der Waals surface area contributed by atoms with Crippen molar-refractivity contribution in [2.24, 2.45) is 11.5 Å². The average Bonchev–Trinajstić information content (AvgIpc) is 3.32. The summed E-state index contributed by atoms with van der Waals surface area (Å²) < 4.78 is 0. The van der Waals surface area contributed by atoms with Gasteiger partial charge in [0.2, 0.25) is 5.91 Å². The summed E-state index contributed by atoms with van der Waals surface area (Å²) in [5.41, 5.74) is 10.9. The number of hydrogen-bond acceptors (Lipinski definition) is 7. The van der Waals surface area contributed by atoms with E-state index < -0.39 is 48.2 Å². The smallest absolute Gasteiger partial charge is 0.357 e. The minimum absolute atomic E-state index is 0.206. The van der Waals surface area contributed by atoms with Crippen LogP contribution in [0.4, 0.5) is 9.59 Å². The van der Waals surface area contributed by atoms with Crippen LogP contribution in [0.1, 0.15) is 26.7 Å². The minimum Gasteiger partial charge on any atom is -0.391 e. The van der Waals surface area contributed by atoms with E-state index >= 15 is 0 Å². The van der Waals surface area contributed by atoms with Crippen molar-refractivity contribution in [1.29, 1.82) is 0 Å². The minimum atomic E-state index is -1.31. The normalized spacial score (nSPS) is 21.0. The summed E-state index contributed by atoms with van der Waals surface area (Å²) in [5.74, 6) is -1.50. The van der Waals surface area contributed by atoms with E-state index in [4.69, 9.17) is 11.5 Å². The number of aliphatic hydroxyl groups is 2. The quantitative estimate of drug-likeness (QED) is 0.319. The first-order valence-electron chi connectivity index (χ1n) is 9.45. The van der Waals surface area contributed by atoms with E-state index in [1.807, 2.05) is 0 Å². The first-order valence-corrected chi connectivity index (χ1v) is 9.45. The van der Waals surface area contributed by atoms with Gasteiger partial charge in [0.15, 0.2) is 0 Å². The predicted octanol–water partition coefficient (Wildman–Crippen LogP) is -2.87. The Morgan fingerprint density at radius 3 is 1.83 bits per heavy atom. The standard InChI is InChI=1S/C16H29N7O6/c1-9(24)11(17)14(27)20-5-3-7-22(20)16(29)23-8-4-6-21(23)15(28)19-12(10(2)25)13(18)26/h9-12,24-25H,3-8,17H2,1-2H3,(H2,18,26)(H,19,28)/t9-,10-,11+,12+/m1/s1. The molecule has 0 radical (unpaired) electrons. The van der Waals surface area contributed by atoms with Crippen molar-refractivity contribution in [3.05, 3.63) is 0 Å². The molecular weight excluding hydrogens is 386 g/mol. The molecule has 0 spiro atoms. The molecule has 0 bridgehead atoms. The maximum atomic E-state index is 13.0. The second-order valence-electron chi connectivity index (χ2n) is 7.16. The zero-order valence-electron chi connectivity index (χ0n) is 16.5. The maximum absolute atomic E-state index is 13.0. The number of amides is 6. The highest BCUT2D eigenvalue weighted by Gasteiger charge is 2.41. The van der Waals surface area contributed by atoms with Gasteiger partial charge in [-0.05, 0) is 26.7 Å². The van der Waals surface area contributed by atoms with Gasteiger partial charge in [-0.1, -0.05) is 0 Å². The number of carbonyl (C=O) groups excluding carboxylic acids is 4. The topological polar surface area (TPSA) is 186 Å². The van der Waals surface area contributed by atoms with Crippen LogP contribution >= 0.6 is 0 Å². The highest BCUT2D eigenvalue weighted by molar-refractivity contribution is 5.89. The third kappa shape index (κ3) is 4.86. The van der Waals surface area contributed by atoms with Gasteiger partial charge in [0.05, 0.1) is 12.2 Å². The van der Waals surface area contributed by atoms with Crippen LogP contribution in [0.25, 0.3) is 0 Å². The van der Waals surface area contributed by atoms with Crippen LogP contribution in [0, 0.1) is 0 Å². The van der Waals surface area contributed by atoms with Crippen molar-refractivity contribution in [2.75, 3.05) is 26.2 Å². The van der Waals surface area contributed by atoms with Gasteiger partial charge in [-0.15, -0.1) is 0 Å². The second-order valence-corrected chi connectivity index (χ2v) is 7.16. The fourth-order valence-corrected chi connectivity index (χ4v) is 3.21. The number of nitrogens with one attached hydrogen (secondary N) is 1. The Labute approximate surface area is 168 Å². The fraction of sp³-hybridized carbons (Fsp3) is 0.750. The molecule has 2 aliphatic rings. The maximum Gasteiger partial charge on any atom is 0.357 e. The molecule has 2 fully saturated rings. The van der Waals surface area contributed by atoms with Crippen LogP contribution in [0.3, 0.4) is 0 Å². The second kappa shape index (κ2) is 9.24. The summed E-state index contributed by atoms with van der Waals surface area (Å²) in [7, 11) is 0. The van der Waals surface area contributed by atoms with E-state index in [0.29, 0.717) is 12.8 Å². The van der Waals surface area contributed by atoms with E-state index in [0.717, 1.165) is 10.0 Å². The van der Waals surface area contributed by atoms with Crippen molar-refractivity contribution in [1.82, 2.24) is 25.4 Å². The zero-order valence-corrected chi connectivity index (χ0v) is 16.5. The molecule has 29 heavy (non-hydrogen) atoms. The Balaban J connectivity index is 2.11. The van der Waals surface area contributed by atoms with Crippen LogP contribution in [0.2, 0.25) is 0 Å². The molecule has 0 unspecified atom stereocenters. The van der Waals surface area contributed by atoms with Crippen molar-refractivity contribution in [3.63, 3.8) is 0 Å². The molecule has 0 aliphatic carbocycles. The average molecular weight is 415 g/mol. The molecule has 0 aromatic carbocycles. The van der Waals surface area contributed by atoms with Crippen LogP contribution < -0.4 is 16.8 Å². The number of urea groups is 2. The van der Waals surface area contributed by atoms with E-state index in [-0.39, 0.29) is 26.2 Å². The lowest BCUT2D eigenvalue weighted by molar-refractivity contribution is -0.145. The number of rotatable bonds is 5. The van der Waals surface area contributed by atoms with Gasteiger partial charge in [0.25, 0.3) is 5.91 Å². The van der Waals surface area contributed by atoms with Crippen molar-refractivity contribution in [3.8, 4) is 0 Å². The Morgan fingerprint density at radius 2 is 1.34 bits per heavy atom. The molecule has 2 heterocycles. The molecule has 2 saturated heterocycles. The highest BCUT2D eigenvalue weighted by Crippen LogP contribution is 2.20. The molecular formula is C16H29N7O6. The van der Waals surface area contributed by atoms with Gasteiger partial charge >= 0.3 is 12.1 Å². The van der Waals surface area contributed by atoms with Gasteiger partial charge < -0.3 is 27.0 Å². The number of primary amides is 1. The molecule has 13 nitrogen and oxygen atoms in total. The van der Waals surface area contributed by atoms with Crippen LogP contribution in [-0.4, -0.2) is 105 Å². The van der Waals surface area contributed by atoms with Gasteiger partial charge in [0, 0.05) is 26.2 Å². The molecule has 2 aliphatic heterocycles. The molecule has 0 aromatic rings. The summed E-state index contributed by atoms with van der Waals surface area (Å²) >= 11 is 0. The summed E-state index contributed by atoms with van der Waals surface area (Å²) in [5, 5.41) is 26.1. The molecule has 0 aromatic heterocycles. The molecule has 0 saturated carbocycles. The number of hydrazine groups is 2. The SMILES string of the molecule is C[C@@H](O)[C@H](N)C(=O)N1CCCN1C(=O)N1CCCN1C(=O)N[C@H](C(N)=O)[C@@H](C)O. The lowest BCUT2D eigenvalue weighted by Crippen LogP contribution is -2.61. The highest BCUT2D eigenvalue weighted by atomic mass is 16.3. The monoisotopic (exact) mass is 415 g/mol. The Bertz CT molecular complexity index is 658. The Kier molecular flexibility index (Phi) is 7.21. The van der Waals surface area contributed by atoms with Crippen LogP contribution in [0.5, 0.6) is 0 Å². The number of nitrogens with zero attached hydrogens (tertiary/aromatic N) is 4. The zero-order chi connectivity index (χ0) is 21.9. The van der Waals surface area contributed by atoms with Crippen LogP contribution in [0.15, 0.2) is 0 Å². The first kappa shape index (κ1) is 22.6. The number of hydrogen-bond donors (Lipinski definition) is 5. The fourth-order valence-electron chi connectivity index (χ4n) is 3.21. The predicted molar refractivity (Wildman–Crippen MR) is 99.3 cm³/mol. The van der Waals surface area contributed by atoms with Crippen LogP contribution in [-0.2, 0) is 9.59 Å². The number of carbonyl (C=O) groups is 4. The Morgan fingerprint density at radius 1 is 0.862 bits per heavy atom. The van der Waals surface area contributed by atoms with Gasteiger partial charge in [-0.25, -0.2) is 29.6 Å². The van der Waals surface area contributed by atoms with Crippen molar-refractivity contribution >= 4 is 23.9 Å². The first-order chi connectivity index (χ1) is 13.6. The van der Waals surface area contributed by atoms with E-state index in [1.54, 1.807) is 0 Å². The summed E-state index contributed by atoms with van der Waals surface area (Å²) in [6.45, 7) is 3.63. The summed E-state index contributed by atoms with van der Waals surface area (Å²) in [6, 6.07) is -3.86. The van der Waals surface area contributed by atoms with E-state index in [2.05, 4.69) is 5.32 Å². The largest absolute Gasteiger partial charge is 0.391 e. The summed E-state index contributed by atoms with van der Waals surface area (Å²) in [6.07, 6.45) is -1.28. The van der Waals surface area contributed by atoms with Gasteiger partial charge in [-0.2, -0.15) is 0 Å². The molecule has 13 heteroatoms. The third-order valence-corrected chi connectivity index (χ3v) is 4.87.